The van der Waals surface area contributed by atoms with Crippen LogP contribution < -0.4 is 0 Å². The number of hydrogen-bond donors (Lipinski definition) is 0. The van der Waals surface area contributed by atoms with Gasteiger partial charge in [-0.2, -0.15) is 0 Å². The molecule has 0 unspecified atom stereocenters. The fourth-order valence-corrected chi connectivity index (χ4v) is 2.89. The molecule has 1 aliphatic heterocycles. The summed E-state index contributed by atoms with van der Waals surface area (Å²) >= 11 is 1.89. The Balaban J connectivity index is 3.09. The number of carbonyl (C=O) groups is 3. The van der Waals surface area contributed by atoms with Crippen LogP contribution in [-0.2, 0) is 33.3 Å². The van der Waals surface area contributed by atoms with Crippen molar-refractivity contribution in [3.05, 3.63) is 10.4 Å². The van der Waals surface area contributed by atoms with E-state index in [1.807, 2.05) is 22.6 Å². The van der Waals surface area contributed by atoms with Crippen LogP contribution in [0.15, 0.2) is 5.11 Å². The topological polar surface area (TPSA) is 137 Å². The van der Waals surface area contributed by atoms with Gasteiger partial charge < -0.3 is 18.9 Å². The number of rotatable bonds is 5. The summed E-state index contributed by atoms with van der Waals surface area (Å²) in [6.07, 6.45) is -3.82. The summed E-state index contributed by atoms with van der Waals surface area (Å²) < 4.78 is 20.2. The van der Waals surface area contributed by atoms with Crippen molar-refractivity contribution in [1.82, 2.24) is 0 Å². The van der Waals surface area contributed by atoms with E-state index in [0.717, 1.165) is 0 Å². The van der Waals surface area contributed by atoms with Crippen molar-refractivity contribution in [1.29, 1.82) is 0 Å². The molecule has 0 aliphatic carbocycles. The summed E-state index contributed by atoms with van der Waals surface area (Å²) in [7, 11) is 0. The Bertz CT molecular complexity index is 523. The highest BCUT2D eigenvalue weighted by atomic mass is 127. The van der Waals surface area contributed by atoms with Crippen LogP contribution in [0.2, 0.25) is 0 Å². The molecule has 10 nitrogen and oxygen atoms in total. The molecule has 0 spiro atoms. The standard InChI is InChI=1S/C12H16IN3O7/c1-5(17)20-4-8-10(21-6(2)18)11(22-7(3)19)9(13)12(23-8)15-16-14/h8-12H,4H2,1-3H3/t8-,9+,10-,11-,12+/m1/s1. The SMILES string of the molecule is CC(=O)OC[C@H]1O[C@H](N=[N+]=[N-])[C@@H](I)[C@@H](OC(C)=O)[C@@H]1OC(C)=O. The van der Waals surface area contributed by atoms with E-state index in [1.54, 1.807) is 0 Å². The first-order valence-corrected chi connectivity index (χ1v) is 7.82. The summed E-state index contributed by atoms with van der Waals surface area (Å²) in [6.45, 7) is 3.36. The van der Waals surface area contributed by atoms with Crippen molar-refractivity contribution in [3.8, 4) is 0 Å². The number of nitrogens with zero attached hydrogens (tertiary/aromatic N) is 3. The van der Waals surface area contributed by atoms with Gasteiger partial charge in [-0.1, -0.05) is 27.7 Å². The zero-order valence-corrected chi connectivity index (χ0v) is 14.8. The third-order valence-corrected chi connectivity index (χ3v) is 4.14. The Morgan fingerprint density at radius 3 is 2.17 bits per heavy atom. The van der Waals surface area contributed by atoms with Gasteiger partial charge in [0.2, 0.25) is 0 Å². The highest BCUT2D eigenvalue weighted by molar-refractivity contribution is 14.1. The van der Waals surface area contributed by atoms with Crippen molar-refractivity contribution < 1.29 is 33.3 Å². The Kier molecular flexibility index (Phi) is 7.52. The predicted octanol–water partition coefficient (Wildman–Crippen LogP) is 1.25. The van der Waals surface area contributed by atoms with Crippen LogP contribution in [0, 0.1) is 0 Å². The quantitative estimate of drug-likeness (QED) is 0.119. The largest absolute Gasteiger partial charge is 0.463 e. The summed E-state index contributed by atoms with van der Waals surface area (Å²) in [5.74, 6) is -1.77. The molecule has 0 bridgehead atoms. The van der Waals surface area contributed by atoms with Gasteiger partial charge in [0.25, 0.3) is 0 Å². The molecular formula is C12H16IN3O7. The maximum atomic E-state index is 11.3. The molecule has 0 aromatic rings. The summed E-state index contributed by atoms with van der Waals surface area (Å²) in [4.78, 5) is 36.3. The monoisotopic (exact) mass is 441 g/mol. The molecule has 1 saturated heterocycles. The maximum Gasteiger partial charge on any atom is 0.303 e. The van der Waals surface area contributed by atoms with Gasteiger partial charge in [-0.3, -0.25) is 14.4 Å². The predicted molar refractivity (Wildman–Crippen MR) is 83.4 cm³/mol. The van der Waals surface area contributed by atoms with Crippen LogP contribution in [-0.4, -0.2) is 53.0 Å². The maximum absolute atomic E-state index is 11.3. The molecule has 1 heterocycles. The number of hydrogen-bond acceptors (Lipinski definition) is 8. The number of esters is 3. The number of halogens is 1. The van der Waals surface area contributed by atoms with Crippen LogP contribution in [0.5, 0.6) is 0 Å². The summed E-state index contributed by atoms with van der Waals surface area (Å²) in [5, 5.41) is 3.49. The van der Waals surface area contributed by atoms with Gasteiger partial charge in [-0.25, -0.2) is 0 Å². The van der Waals surface area contributed by atoms with E-state index in [-0.39, 0.29) is 6.61 Å². The van der Waals surface area contributed by atoms with E-state index in [1.165, 1.54) is 20.8 Å². The number of azide groups is 1. The van der Waals surface area contributed by atoms with Crippen molar-refractivity contribution in [2.75, 3.05) is 6.61 Å². The lowest BCUT2D eigenvalue weighted by Crippen LogP contribution is -2.58. The lowest BCUT2D eigenvalue weighted by Gasteiger charge is -2.41. The smallest absolute Gasteiger partial charge is 0.303 e. The summed E-state index contributed by atoms with van der Waals surface area (Å²) in [5.41, 5.74) is 8.62. The highest BCUT2D eigenvalue weighted by Gasteiger charge is 2.49. The third kappa shape index (κ3) is 5.84. The molecule has 0 aromatic carbocycles. The second-order valence-electron chi connectivity index (χ2n) is 4.67. The molecular weight excluding hydrogens is 425 g/mol. The second-order valence-corrected chi connectivity index (χ2v) is 6.10. The van der Waals surface area contributed by atoms with Gasteiger partial charge in [0.1, 0.15) is 12.7 Å². The molecule has 5 atom stereocenters. The van der Waals surface area contributed by atoms with Gasteiger partial charge in [0.05, 0.1) is 3.92 Å². The van der Waals surface area contributed by atoms with E-state index in [4.69, 9.17) is 24.5 Å². The fraction of sp³-hybridized carbons (Fsp3) is 0.750. The molecule has 1 rings (SSSR count). The van der Waals surface area contributed by atoms with Crippen molar-refractivity contribution in [3.63, 3.8) is 0 Å². The lowest BCUT2D eigenvalue weighted by molar-refractivity contribution is -0.210. The molecule has 0 aromatic heterocycles. The molecule has 0 N–H and O–H groups in total. The number of alkyl halides is 1. The Morgan fingerprint density at radius 1 is 1.13 bits per heavy atom. The van der Waals surface area contributed by atoms with E-state index in [9.17, 15) is 14.4 Å². The number of carbonyl (C=O) groups excluding carboxylic acids is 3. The van der Waals surface area contributed by atoms with Crippen molar-refractivity contribution in [2.45, 2.75) is 49.2 Å². The first kappa shape index (κ1) is 19.5. The average Bonchev–Trinajstić information content (AvgIpc) is 2.43. The van der Waals surface area contributed by atoms with Gasteiger partial charge in [0.15, 0.2) is 18.4 Å². The minimum absolute atomic E-state index is 0.244. The van der Waals surface area contributed by atoms with Gasteiger partial charge in [-0.15, -0.1) is 0 Å². The van der Waals surface area contributed by atoms with E-state index < -0.39 is 46.4 Å². The van der Waals surface area contributed by atoms with Crippen LogP contribution in [0.4, 0.5) is 0 Å². The molecule has 0 amide bonds. The Morgan fingerprint density at radius 2 is 1.70 bits per heavy atom. The summed E-state index contributed by atoms with van der Waals surface area (Å²) in [6, 6.07) is 0. The van der Waals surface area contributed by atoms with Crippen LogP contribution >= 0.6 is 22.6 Å². The minimum Gasteiger partial charge on any atom is -0.463 e. The highest BCUT2D eigenvalue weighted by Crippen LogP contribution is 2.32. The second kappa shape index (κ2) is 8.89. The molecule has 1 fully saturated rings. The molecule has 0 radical (unpaired) electrons. The van der Waals surface area contributed by atoms with Crippen molar-refractivity contribution >= 4 is 40.5 Å². The zero-order chi connectivity index (χ0) is 17.6. The molecule has 23 heavy (non-hydrogen) atoms. The molecule has 0 saturated carbocycles. The van der Waals surface area contributed by atoms with Crippen molar-refractivity contribution in [2.24, 2.45) is 5.11 Å². The van der Waals surface area contributed by atoms with Gasteiger partial charge in [-0.05, 0) is 5.53 Å². The zero-order valence-electron chi connectivity index (χ0n) is 12.7. The van der Waals surface area contributed by atoms with Gasteiger partial charge in [0, 0.05) is 25.7 Å². The Hall–Kier alpha value is -1.59. The Labute approximate surface area is 145 Å². The lowest BCUT2D eigenvalue weighted by atomic mass is 10.0. The van der Waals surface area contributed by atoms with E-state index >= 15 is 0 Å². The minimum atomic E-state index is -0.997. The average molecular weight is 441 g/mol. The fourth-order valence-electron chi connectivity index (χ4n) is 2.02. The first-order chi connectivity index (χ1) is 10.8. The molecule has 128 valence electrons. The van der Waals surface area contributed by atoms with E-state index in [2.05, 4.69) is 10.0 Å². The van der Waals surface area contributed by atoms with E-state index in [0.29, 0.717) is 0 Å². The molecule has 11 heteroatoms. The first-order valence-electron chi connectivity index (χ1n) is 6.57. The normalized spacial score (nSPS) is 29.8. The molecule has 1 aliphatic rings. The van der Waals surface area contributed by atoms with Crippen LogP contribution in [0.1, 0.15) is 20.8 Å². The van der Waals surface area contributed by atoms with Gasteiger partial charge >= 0.3 is 17.9 Å². The van der Waals surface area contributed by atoms with Crippen LogP contribution in [0.3, 0.4) is 0 Å². The third-order valence-electron chi connectivity index (χ3n) is 2.81. The van der Waals surface area contributed by atoms with Crippen LogP contribution in [0.25, 0.3) is 10.4 Å². The number of ether oxygens (including phenoxy) is 4.